The van der Waals surface area contributed by atoms with Crippen molar-refractivity contribution in [3.8, 4) is 5.75 Å². The van der Waals surface area contributed by atoms with Crippen molar-refractivity contribution in [1.82, 2.24) is 10.9 Å². The summed E-state index contributed by atoms with van der Waals surface area (Å²) in [6.45, 7) is 1.60. The van der Waals surface area contributed by atoms with Gasteiger partial charge in [-0.2, -0.15) is 10.2 Å². The second kappa shape index (κ2) is 9.51. The summed E-state index contributed by atoms with van der Waals surface area (Å²) in [4.78, 5) is 25.6. The molecule has 2 N–H and O–H groups in total. The van der Waals surface area contributed by atoms with E-state index in [9.17, 15) is 9.59 Å². The van der Waals surface area contributed by atoms with E-state index in [1.807, 2.05) is 43.3 Å². The van der Waals surface area contributed by atoms with Gasteiger partial charge in [0.15, 0.2) is 6.61 Å². The van der Waals surface area contributed by atoms with Crippen LogP contribution in [0.4, 0.5) is 5.69 Å². The molecule has 2 aromatic rings. The third kappa shape index (κ3) is 5.54. The van der Waals surface area contributed by atoms with E-state index in [1.165, 1.54) is 0 Å². The maximum atomic E-state index is 11.9. The van der Waals surface area contributed by atoms with Crippen molar-refractivity contribution in [1.29, 1.82) is 0 Å². The first-order valence-corrected chi connectivity index (χ1v) is 9.31. The number of carbonyl (C=O) groups is 2. The minimum Gasteiger partial charge on any atom is -0.484 e. The number of nitrogens with zero attached hydrogens (tertiary/aromatic N) is 3. The maximum Gasteiger partial charge on any atom is 0.277 e. The van der Waals surface area contributed by atoms with Gasteiger partial charge in [0.05, 0.1) is 17.5 Å². The number of hydrogen-bond acceptors (Lipinski definition) is 6. The van der Waals surface area contributed by atoms with E-state index in [0.29, 0.717) is 17.0 Å². The van der Waals surface area contributed by atoms with Crippen LogP contribution in [0.15, 0.2) is 64.3 Å². The highest BCUT2D eigenvalue weighted by Gasteiger charge is 2.18. The van der Waals surface area contributed by atoms with E-state index in [4.69, 9.17) is 4.74 Å². The molecule has 0 saturated carbocycles. The minimum atomic E-state index is -0.364. The summed E-state index contributed by atoms with van der Waals surface area (Å²) < 4.78 is 5.46. The van der Waals surface area contributed by atoms with Gasteiger partial charge in [-0.15, -0.1) is 0 Å². The first-order valence-electron chi connectivity index (χ1n) is 9.31. The number of amides is 2. The normalized spacial score (nSPS) is 14.6. The average molecular weight is 405 g/mol. The van der Waals surface area contributed by atoms with Crippen LogP contribution in [0.25, 0.3) is 6.08 Å². The van der Waals surface area contributed by atoms with Crippen LogP contribution >= 0.6 is 0 Å². The highest BCUT2D eigenvalue weighted by atomic mass is 16.5. The van der Waals surface area contributed by atoms with Crippen molar-refractivity contribution in [2.24, 2.45) is 10.2 Å². The lowest BCUT2D eigenvalue weighted by Crippen LogP contribution is -2.24. The van der Waals surface area contributed by atoms with E-state index >= 15 is 0 Å². The van der Waals surface area contributed by atoms with Gasteiger partial charge in [-0.3, -0.25) is 9.59 Å². The molecule has 2 aromatic carbocycles. The molecule has 0 aliphatic carbocycles. The lowest BCUT2D eigenvalue weighted by Gasteiger charge is -2.11. The Labute approximate surface area is 174 Å². The summed E-state index contributed by atoms with van der Waals surface area (Å²) in [6.07, 6.45) is 3.32. The van der Waals surface area contributed by atoms with E-state index < -0.39 is 0 Å². The van der Waals surface area contributed by atoms with Crippen molar-refractivity contribution in [3.05, 3.63) is 65.2 Å². The number of anilines is 1. The van der Waals surface area contributed by atoms with Crippen LogP contribution in [-0.4, -0.2) is 44.4 Å². The van der Waals surface area contributed by atoms with Gasteiger partial charge < -0.3 is 9.64 Å². The molecule has 0 saturated heterocycles. The van der Waals surface area contributed by atoms with Crippen LogP contribution in [-0.2, 0) is 9.59 Å². The fourth-order valence-corrected chi connectivity index (χ4v) is 2.63. The standard InChI is InChI=1S/C22H23N5O3/c1-15-20(22(29)26-24-15)12-16-6-10-19(11-7-16)30-14-21(28)25-23-13-17-4-8-18(9-5-17)27(2)3/h4-13H,14H2,1-3H3,(H,25,28)(H,26,29)/b20-12+,23-13+. The second-order valence-corrected chi connectivity index (χ2v) is 6.83. The zero-order valence-electron chi connectivity index (χ0n) is 17.0. The summed E-state index contributed by atoms with van der Waals surface area (Å²) in [7, 11) is 3.94. The fourth-order valence-electron chi connectivity index (χ4n) is 2.63. The molecule has 0 radical (unpaired) electrons. The van der Waals surface area contributed by atoms with Crippen molar-refractivity contribution in [3.63, 3.8) is 0 Å². The Kier molecular flexibility index (Phi) is 6.59. The molecule has 1 heterocycles. The van der Waals surface area contributed by atoms with Crippen molar-refractivity contribution in [2.45, 2.75) is 6.92 Å². The second-order valence-electron chi connectivity index (χ2n) is 6.83. The Balaban J connectivity index is 1.47. The SMILES string of the molecule is CC1=NNC(=O)/C1=C/c1ccc(OCC(=O)N/N=C/c2ccc(N(C)C)cc2)cc1. The van der Waals surface area contributed by atoms with Crippen LogP contribution in [0.5, 0.6) is 5.75 Å². The Morgan fingerprint density at radius 1 is 1.13 bits per heavy atom. The van der Waals surface area contributed by atoms with Gasteiger partial charge in [0.2, 0.25) is 0 Å². The number of hydrazone groups is 2. The van der Waals surface area contributed by atoms with Crippen LogP contribution in [0.2, 0.25) is 0 Å². The fraction of sp³-hybridized carbons (Fsp3) is 0.182. The van der Waals surface area contributed by atoms with Crippen LogP contribution < -0.4 is 20.5 Å². The predicted molar refractivity (Wildman–Crippen MR) is 118 cm³/mol. The van der Waals surface area contributed by atoms with E-state index in [0.717, 1.165) is 16.8 Å². The molecule has 8 nitrogen and oxygen atoms in total. The molecule has 0 fully saturated rings. The Bertz CT molecular complexity index is 1010. The van der Waals surface area contributed by atoms with Gasteiger partial charge in [-0.1, -0.05) is 24.3 Å². The predicted octanol–water partition coefficient (Wildman–Crippen LogP) is 2.17. The molecule has 8 heteroatoms. The first-order chi connectivity index (χ1) is 14.4. The van der Waals surface area contributed by atoms with Crippen molar-refractivity contribution < 1.29 is 14.3 Å². The summed E-state index contributed by atoms with van der Waals surface area (Å²) in [5.74, 6) is -0.0488. The molecule has 0 spiro atoms. The summed E-state index contributed by atoms with van der Waals surface area (Å²) in [6, 6.07) is 14.8. The van der Waals surface area contributed by atoms with Gasteiger partial charge in [-0.05, 0) is 48.4 Å². The largest absolute Gasteiger partial charge is 0.484 e. The Morgan fingerprint density at radius 3 is 2.40 bits per heavy atom. The molecule has 0 aromatic heterocycles. The number of ether oxygens (including phenoxy) is 1. The molecule has 1 aliphatic heterocycles. The summed E-state index contributed by atoms with van der Waals surface area (Å²) in [5, 5.41) is 7.82. The molecule has 0 atom stereocenters. The van der Waals surface area contributed by atoms with Gasteiger partial charge in [0.1, 0.15) is 5.75 Å². The third-order valence-corrected chi connectivity index (χ3v) is 4.33. The highest BCUT2D eigenvalue weighted by molar-refractivity contribution is 6.26. The molecule has 3 rings (SSSR count). The quantitative estimate of drug-likeness (QED) is 0.419. The van der Waals surface area contributed by atoms with Crippen LogP contribution in [0.1, 0.15) is 18.1 Å². The number of benzene rings is 2. The van der Waals surface area contributed by atoms with E-state index in [1.54, 1.807) is 43.5 Å². The molecule has 154 valence electrons. The molecule has 0 bridgehead atoms. The zero-order chi connectivity index (χ0) is 21.5. The topological polar surface area (TPSA) is 95.4 Å². The number of carbonyl (C=O) groups excluding carboxylic acids is 2. The lowest BCUT2D eigenvalue weighted by atomic mass is 10.1. The highest BCUT2D eigenvalue weighted by Crippen LogP contribution is 2.16. The summed E-state index contributed by atoms with van der Waals surface area (Å²) in [5.41, 5.74) is 8.82. The molecule has 30 heavy (non-hydrogen) atoms. The number of rotatable bonds is 7. The minimum absolute atomic E-state index is 0.161. The molecular weight excluding hydrogens is 382 g/mol. The van der Waals surface area contributed by atoms with Crippen molar-refractivity contribution in [2.75, 3.05) is 25.6 Å². The van der Waals surface area contributed by atoms with Gasteiger partial charge in [-0.25, -0.2) is 10.9 Å². The van der Waals surface area contributed by atoms with Crippen LogP contribution in [0, 0.1) is 0 Å². The van der Waals surface area contributed by atoms with Gasteiger partial charge >= 0.3 is 0 Å². The Morgan fingerprint density at radius 2 is 1.80 bits per heavy atom. The number of hydrogen-bond donors (Lipinski definition) is 2. The smallest absolute Gasteiger partial charge is 0.277 e. The van der Waals surface area contributed by atoms with Crippen molar-refractivity contribution >= 4 is 35.5 Å². The zero-order valence-corrected chi connectivity index (χ0v) is 17.0. The lowest BCUT2D eigenvalue weighted by molar-refractivity contribution is -0.123. The van der Waals surface area contributed by atoms with E-state index in [2.05, 4.69) is 21.1 Å². The monoisotopic (exact) mass is 405 g/mol. The molecule has 1 aliphatic rings. The third-order valence-electron chi connectivity index (χ3n) is 4.33. The number of nitrogens with one attached hydrogen (secondary N) is 2. The van der Waals surface area contributed by atoms with E-state index in [-0.39, 0.29) is 18.4 Å². The van der Waals surface area contributed by atoms with Crippen LogP contribution in [0.3, 0.4) is 0 Å². The Hall–Kier alpha value is -3.94. The maximum absolute atomic E-state index is 11.9. The average Bonchev–Trinajstić information content (AvgIpc) is 3.05. The van der Waals surface area contributed by atoms with Gasteiger partial charge in [0, 0.05) is 19.8 Å². The summed E-state index contributed by atoms with van der Waals surface area (Å²) >= 11 is 0. The molecule has 0 unspecified atom stereocenters. The first kappa shape index (κ1) is 20.8. The molecular formula is C22H23N5O3. The molecule has 2 amide bonds. The van der Waals surface area contributed by atoms with Gasteiger partial charge in [0.25, 0.3) is 11.8 Å².